The molecule has 0 aromatic heterocycles. The molecular weight excluding hydrogens is 381 g/mol. The van der Waals surface area contributed by atoms with Gasteiger partial charge in [-0.15, -0.1) is 0 Å². The molecule has 164 valence electrons. The third kappa shape index (κ3) is 3.52. The maximum absolute atomic E-state index is 15.2. The molecule has 4 fully saturated rings. The Hall–Kier alpha value is -1.66. The molecule has 0 N–H and O–H groups in total. The van der Waals surface area contributed by atoms with Crippen LogP contribution in [0.5, 0.6) is 0 Å². The molecule has 1 aromatic carbocycles. The second kappa shape index (κ2) is 8.12. The first-order valence-corrected chi connectivity index (χ1v) is 11.8. The van der Waals surface area contributed by atoms with Gasteiger partial charge < -0.3 is 14.5 Å². The Morgan fingerprint density at radius 2 is 1.90 bits per heavy atom. The Labute approximate surface area is 179 Å². The second-order valence-corrected chi connectivity index (χ2v) is 9.71. The van der Waals surface area contributed by atoms with Crippen molar-refractivity contribution in [1.29, 1.82) is 0 Å². The molecule has 1 spiro atoms. The van der Waals surface area contributed by atoms with Crippen molar-refractivity contribution in [3.8, 4) is 0 Å². The van der Waals surface area contributed by atoms with E-state index in [1.807, 2.05) is 17.0 Å². The molecule has 4 heterocycles. The van der Waals surface area contributed by atoms with Crippen molar-refractivity contribution in [1.82, 2.24) is 4.90 Å². The minimum absolute atomic E-state index is 0.161. The molecule has 30 heavy (non-hydrogen) atoms. The topological polar surface area (TPSA) is 36.0 Å². The van der Waals surface area contributed by atoms with Crippen LogP contribution >= 0.6 is 0 Å². The smallest absolute Gasteiger partial charge is 0.233 e. The second-order valence-electron chi connectivity index (χ2n) is 9.71. The van der Waals surface area contributed by atoms with Gasteiger partial charge in [0.05, 0.1) is 11.1 Å². The van der Waals surface area contributed by atoms with Gasteiger partial charge >= 0.3 is 0 Å². The van der Waals surface area contributed by atoms with Gasteiger partial charge in [0.25, 0.3) is 0 Å². The summed E-state index contributed by atoms with van der Waals surface area (Å²) in [6.45, 7) is 7.26. The Morgan fingerprint density at radius 3 is 2.63 bits per heavy atom. The molecule has 0 radical (unpaired) electrons. The molecule has 0 saturated carbocycles. The highest BCUT2D eigenvalue weighted by Crippen LogP contribution is 2.42. The van der Waals surface area contributed by atoms with Gasteiger partial charge in [0, 0.05) is 50.6 Å². The quantitative estimate of drug-likeness (QED) is 0.752. The first-order valence-electron chi connectivity index (χ1n) is 11.8. The van der Waals surface area contributed by atoms with Crippen LogP contribution in [0.3, 0.4) is 0 Å². The van der Waals surface area contributed by atoms with E-state index in [0.717, 1.165) is 45.2 Å². The number of carbonyl (C=O) groups is 1. The minimum atomic E-state index is -0.305. The van der Waals surface area contributed by atoms with E-state index in [1.54, 1.807) is 6.07 Å². The number of rotatable bonds is 3. The number of carbonyl (C=O) groups excluding carboxylic acids is 1. The fourth-order valence-corrected chi connectivity index (χ4v) is 6.19. The number of benzene rings is 1. The third-order valence-electron chi connectivity index (χ3n) is 8.01. The van der Waals surface area contributed by atoms with Crippen molar-refractivity contribution in [3.63, 3.8) is 0 Å². The number of hydrogen-bond acceptors (Lipinski definition) is 4. The molecule has 0 bridgehead atoms. The lowest BCUT2D eigenvalue weighted by Gasteiger charge is -2.43. The summed E-state index contributed by atoms with van der Waals surface area (Å²) in [4.78, 5) is 19.9. The van der Waals surface area contributed by atoms with Gasteiger partial charge in [0.2, 0.25) is 5.91 Å². The molecule has 0 aliphatic carbocycles. The standard InChI is InChI=1S/C24H34FN3O2/c1-18-4-2-11-27(18)20-7-13-26(17-20)22-6-5-19(16-21(22)25)28-12-3-8-24(23(28)29)9-14-30-15-10-24/h5-6,16,18,20H,2-4,7-15,17H2,1H3. The van der Waals surface area contributed by atoms with E-state index in [2.05, 4.69) is 16.7 Å². The van der Waals surface area contributed by atoms with Crippen LogP contribution < -0.4 is 9.80 Å². The van der Waals surface area contributed by atoms with E-state index in [9.17, 15) is 4.79 Å². The van der Waals surface area contributed by atoms with Crippen molar-refractivity contribution < 1.29 is 13.9 Å². The molecular formula is C24H34FN3O2. The van der Waals surface area contributed by atoms with Gasteiger partial charge in [0.15, 0.2) is 0 Å². The van der Waals surface area contributed by atoms with Gasteiger partial charge in [-0.1, -0.05) is 0 Å². The van der Waals surface area contributed by atoms with Gasteiger partial charge in [-0.05, 0) is 76.6 Å². The minimum Gasteiger partial charge on any atom is -0.381 e. The zero-order valence-electron chi connectivity index (χ0n) is 18.1. The Balaban J connectivity index is 1.31. The molecule has 4 aliphatic rings. The number of ether oxygens (including phenoxy) is 1. The lowest BCUT2D eigenvalue weighted by molar-refractivity contribution is -0.136. The fraction of sp³-hybridized carbons (Fsp3) is 0.708. The van der Waals surface area contributed by atoms with Gasteiger partial charge in [-0.25, -0.2) is 4.39 Å². The molecule has 6 heteroatoms. The summed E-state index contributed by atoms with van der Waals surface area (Å²) in [6.07, 6.45) is 7.11. The Kier molecular flexibility index (Phi) is 5.48. The van der Waals surface area contributed by atoms with Crippen LogP contribution in [0.2, 0.25) is 0 Å². The summed E-state index contributed by atoms with van der Waals surface area (Å²) >= 11 is 0. The molecule has 1 amide bonds. The molecule has 4 aliphatic heterocycles. The highest BCUT2D eigenvalue weighted by molar-refractivity contribution is 5.98. The monoisotopic (exact) mass is 415 g/mol. The Bertz CT molecular complexity index is 789. The predicted molar refractivity (Wildman–Crippen MR) is 116 cm³/mol. The summed E-state index contributed by atoms with van der Waals surface area (Å²) in [6, 6.07) is 6.58. The maximum atomic E-state index is 15.2. The summed E-state index contributed by atoms with van der Waals surface area (Å²) < 4.78 is 20.7. The first kappa shape index (κ1) is 20.3. The number of nitrogens with zero attached hydrogens (tertiary/aromatic N) is 3. The lowest BCUT2D eigenvalue weighted by atomic mass is 9.73. The molecule has 5 rings (SSSR count). The average molecular weight is 416 g/mol. The van der Waals surface area contributed by atoms with Crippen molar-refractivity contribution in [2.24, 2.45) is 5.41 Å². The molecule has 4 saturated heterocycles. The predicted octanol–water partition coefficient (Wildman–Crippen LogP) is 3.81. The van der Waals surface area contributed by atoms with E-state index < -0.39 is 0 Å². The lowest BCUT2D eigenvalue weighted by Crippen LogP contribution is -2.51. The largest absolute Gasteiger partial charge is 0.381 e. The summed E-state index contributed by atoms with van der Waals surface area (Å²) in [7, 11) is 0. The molecule has 2 atom stereocenters. The van der Waals surface area contributed by atoms with Gasteiger partial charge in [-0.2, -0.15) is 0 Å². The van der Waals surface area contributed by atoms with Crippen molar-refractivity contribution in [2.75, 3.05) is 49.2 Å². The zero-order valence-corrected chi connectivity index (χ0v) is 18.1. The van der Waals surface area contributed by atoms with Crippen LogP contribution in [0.15, 0.2) is 18.2 Å². The van der Waals surface area contributed by atoms with Gasteiger partial charge in [-0.3, -0.25) is 9.69 Å². The first-order chi connectivity index (χ1) is 14.6. The van der Waals surface area contributed by atoms with Crippen LogP contribution in [-0.4, -0.2) is 62.3 Å². The zero-order chi connectivity index (χ0) is 20.7. The van der Waals surface area contributed by atoms with E-state index in [1.165, 1.54) is 19.4 Å². The highest BCUT2D eigenvalue weighted by Gasteiger charge is 2.45. The fourth-order valence-electron chi connectivity index (χ4n) is 6.19. The van der Waals surface area contributed by atoms with Crippen LogP contribution in [-0.2, 0) is 9.53 Å². The number of halogens is 1. The van der Waals surface area contributed by atoms with E-state index >= 15 is 4.39 Å². The van der Waals surface area contributed by atoms with E-state index in [0.29, 0.717) is 43.2 Å². The average Bonchev–Trinajstić information content (AvgIpc) is 3.40. The highest BCUT2D eigenvalue weighted by atomic mass is 19.1. The third-order valence-corrected chi connectivity index (χ3v) is 8.01. The number of hydrogen-bond donors (Lipinski definition) is 0. The van der Waals surface area contributed by atoms with Crippen molar-refractivity contribution in [2.45, 2.75) is 64.0 Å². The van der Waals surface area contributed by atoms with E-state index in [-0.39, 0.29) is 17.1 Å². The number of piperidine rings is 1. The summed E-state index contributed by atoms with van der Waals surface area (Å²) in [5, 5.41) is 0. The van der Waals surface area contributed by atoms with Crippen molar-refractivity contribution >= 4 is 17.3 Å². The number of likely N-dealkylation sites (tertiary alicyclic amines) is 1. The SMILES string of the molecule is CC1CCCN1C1CCN(c2ccc(N3CCCC4(CCOCC4)C3=O)cc2F)C1. The molecule has 1 aromatic rings. The molecule has 5 nitrogen and oxygen atoms in total. The summed E-state index contributed by atoms with van der Waals surface area (Å²) in [5.74, 6) is -0.0459. The van der Waals surface area contributed by atoms with Crippen LogP contribution in [0, 0.1) is 11.2 Å². The van der Waals surface area contributed by atoms with Crippen LogP contribution in [0.25, 0.3) is 0 Å². The van der Waals surface area contributed by atoms with Gasteiger partial charge in [0.1, 0.15) is 5.82 Å². The summed E-state index contributed by atoms with van der Waals surface area (Å²) in [5.41, 5.74) is 1.08. The Morgan fingerprint density at radius 1 is 1.07 bits per heavy atom. The molecule has 2 unspecified atom stereocenters. The number of amides is 1. The van der Waals surface area contributed by atoms with E-state index in [4.69, 9.17) is 4.74 Å². The van der Waals surface area contributed by atoms with Crippen LogP contribution in [0.4, 0.5) is 15.8 Å². The van der Waals surface area contributed by atoms with Crippen molar-refractivity contribution in [3.05, 3.63) is 24.0 Å². The number of anilines is 2. The maximum Gasteiger partial charge on any atom is 0.233 e. The normalized spacial score (nSPS) is 29.9. The van der Waals surface area contributed by atoms with Crippen LogP contribution in [0.1, 0.15) is 51.9 Å².